The minimum atomic E-state index is -1.13. The van der Waals surface area contributed by atoms with Gasteiger partial charge in [0.25, 0.3) is 0 Å². The van der Waals surface area contributed by atoms with Crippen molar-refractivity contribution in [3.63, 3.8) is 0 Å². The molecule has 88 valence electrons. The van der Waals surface area contributed by atoms with Crippen LogP contribution in [-0.2, 0) is 9.59 Å². The first-order chi connectivity index (χ1) is 6.70. The van der Waals surface area contributed by atoms with Crippen LogP contribution in [0, 0.1) is 5.92 Å². The molecule has 0 spiro atoms. The molecule has 1 heterocycles. The van der Waals surface area contributed by atoms with Gasteiger partial charge in [-0.3, -0.25) is 4.79 Å². The average Bonchev–Trinajstić information content (AvgIpc) is 2.18. The van der Waals surface area contributed by atoms with Crippen LogP contribution in [0.15, 0.2) is 0 Å². The zero-order chi connectivity index (χ0) is 10.4. The molecule has 0 aromatic heterocycles. The summed E-state index contributed by atoms with van der Waals surface area (Å²) in [5.74, 6) is -1.20. The number of carbonyl (C=O) groups is 2. The molecule has 2 N–H and O–H groups in total. The molecule has 0 aromatic carbocycles. The van der Waals surface area contributed by atoms with Gasteiger partial charge in [-0.2, -0.15) is 0 Å². The van der Waals surface area contributed by atoms with Gasteiger partial charge in [0.15, 0.2) is 0 Å². The second-order valence-electron chi connectivity index (χ2n) is 3.46. The Morgan fingerprint density at radius 1 is 1.47 bits per heavy atom. The Morgan fingerprint density at radius 3 is 2.73 bits per heavy atom. The molecule has 0 radical (unpaired) electrons. The molecular formula is C9H16ClN2O3-. The van der Waals surface area contributed by atoms with Gasteiger partial charge < -0.3 is 20.5 Å². The van der Waals surface area contributed by atoms with Gasteiger partial charge in [-0.05, 0) is 19.4 Å². The van der Waals surface area contributed by atoms with Crippen LogP contribution in [0.2, 0.25) is 0 Å². The second-order valence-corrected chi connectivity index (χ2v) is 3.46. The normalized spacial score (nSPS) is 20.1. The number of carboxylic acid groups (broad SMARTS) is 1. The van der Waals surface area contributed by atoms with Gasteiger partial charge in [-0.15, -0.1) is 12.4 Å². The summed E-state index contributed by atoms with van der Waals surface area (Å²) in [4.78, 5) is 21.5. The van der Waals surface area contributed by atoms with Gasteiger partial charge in [-0.25, -0.2) is 0 Å². The van der Waals surface area contributed by atoms with E-state index in [-0.39, 0.29) is 37.2 Å². The number of halogens is 1. The number of rotatable bonds is 4. The van der Waals surface area contributed by atoms with Crippen molar-refractivity contribution in [1.82, 2.24) is 10.6 Å². The first kappa shape index (κ1) is 14.2. The molecule has 0 aromatic rings. The van der Waals surface area contributed by atoms with Gasteiger partial charge >= 0.3 is 0 Å². The van der Waals surface area contributed by atoms with Gasteiger partial charge in [0, 0.05) is 25.5 Å². The molecular weight excluding hydrogens is 220 g/mol. The van der Waals surface area contributed by atoms with Crippen LogP contribution in [0.4, 0.5) is 0 Å². The fraction of sp³-hybridized carbons (Fsp3) is 0.778. The van der Waals surface area contributed by atoms with Crippen LogP contribution in [-0.4, -0.2) is 31.5 Å². The van der Waals surface area contributed by atoms with E-state index in [0.29, 0.717) is 6.54 Å². The highest BCUT2D eigenvalue weighted by molar-refractivity contribution is 5.85. The van der Waals surface area contributed by atoms with E-state index in [1.807, 2.05) is 0 Å². The Kier molecular flexibility index (Phi) is 7.07. The Morgan fingerprint density at radius 2 is 2.20 bits per heavy atom. The third-order valence-corrected chi connectivity index (χ3v) is 2.30. The molecule has 1 rings (SSSR count). The Labute approximate surface area is 95.0 Å². The second kappa shape index (κ2) is 7.48. The SMILES string of the molecule is Cl.O=C([O-])CCNC(=O)C1CCCNC1. The number of hydrogen-bond donors (Lipinski definition) is 2. The summed E-state index contributed by atoms with van der Waals surface area (Å²) in [6, 6.07) is 0. The number of amides is 1. The number of piperidine rings is 1. The maximum absolute atomic E-state index is 11.4. The van der Waals surface area contributed by atoms with Crippen molar-refractivity contribution in [1.29, 1.82) is 0 Å². The predicted octanol–water partition coefficient (Wildman–Crippen LogP) is -1.34. The van der Waals surface area contributed by atoms with Crippen LogP contribution in [0.5, 0.6) is 0 Å². The molecule has 1 atom stereocenters. The van der Waals surface area contributed by atoms with Gasteiger partial charge in [0.2, 0.25) is 5.91 Å². The predicted molar refractivity (Wildman–Crippen MR) is 55.5 cm³/mol. The zero-order valence-corrected chi connectivity index (χ0v) is 9.27. The van der Waals surface area contributed by atoms with Gasteiger partial charge in [0.05, 0.1) is 5.92 Å². The minimum absolute atomic E-state index is 0. The summed E-state index contributed by atoms with van der Waals surface area (Å²) in [7, 11) is 0. The van der Waals surface area contributed by atoms with Crippen LogP contribution in [0.25, 0.3) is 0 Å². The lowest BCUT2D eigenvalue weighted by Crippen LogP contribution is -2.41. The standard InChI is InChI=1S/C9H16N2O3.ClH/c12-8(13)3-5-11-9(14)7-2-1-4-10-6-7;/h7,10H,1-6H2,(H,11,14)(H,12,13);1H/p-1. The topological polar surface area (TPSA) is 81.3 Å². The largest absolute Gasteiger partial charge is 0.550 e. The molecule has 0 bridgehead atoms. The quantitative estimate of drug-likeness (QED) is 0.632. The molecule has 0 aliphatic carbocycles. The van der Waals surface area contributed by atoms with E-state index in [1.165, 1.54) is 0 Å². The number of nitrogens with one attached hydrogen (secondary N) is 2. The van der Waals surface area contributed by atoms with E-state index < -0.39 is 5.97 Å². The highest BCUT2D eigenvalue weighted by Crippen LogP contribution is 2.09. The van der Waals surface area contributed by atoms with E-state index in [9.17, 15) is 14.7 Å². The maximum Gasteiger partial charge on any atom is 0.224 e. The number of carbonyl (C=O) groups excluding carboxylic acids is 2. The fourth-order valence-electron chi connectivity index (χ4n) is 1.51. The lowest BCUT2D eigenvalue weighted by Gasteiger charge is -2.21. The molecule has 1 saturated heterocycles. The molecule has 1 amide bonds. The van der Waals surface area contributed by atoms with Crippen molar-refractivity contribution < 1.29 is 14.7 Å². The third-order valence-electron chi connectivity index (χ3n) is 2.30. The summed E-state index contributed by atoms with van der Waals surface area (Å²) in [6.07, 6.45) is 1.76. The van der Waals surface area contributed by atoms with Crippen LogP contribution in [0.1, 0.15) is 19.3 Å². The van der Waals surface area contributed by atoms with E-state index >= 15 is 0 Å². The molecule has 1 fully saturated rings. The molecule has 6 heteroatoms. The number of aliphatic carboxylic acids is 1. The van der Waals surface area contributed by atoms with Crippen molar-refractivity contribution in [3.8, 4) is 0 Å². The van der Waals surface area contributed by atoms with Crippen molar-refractivity contribution in [2.45, 2.75) is 19.3 Å². The molecule has 1 aliphatic heterocycles. The Hall–Kier alpha value is -0.810. The fourth-order valence-corrected chi connectivity index (χ4v) is 1.51. The van der Waals surface area contributed by atoms with Crippen LogP contribution < -0.4 is 15.7 Å². The van der Waals surface area contributed by atoms with Crippen molar-refractivity contribution in [3.05, 3.63) is 0 Å². The van der Waals surface area contributed by atoms with E-state index in [0.717, 1.165) is 19.4 Å². The smallest absolute Gasteiger partial charge is 0.224 e. The summed E-state index contributed by atoms with van der Waals surface area (Å²) < 4.78 is 0. The highest BCUT2D eigenvalue weighted by Gasteiger charge is 2.19. The molecule has 1 unspecified atom stereocenters. The Balaban J connectivity index is 0.00000196. The monoisotopic (exact) mass is 235 g/mol. The van der Waals surface area contributed by atoms with Crippen LogP contribution >= 0.6 is 12.4 Å². The number of carboxylic acids is 1. The lowest BCUT2D eigenvalue weighted by atomic mass is 9.99. The minimum Gasteiger partial charge on any atom is -0.550 e. The molecule has 1 aliphatic rings. The van der Waals surface area contributed by atoms with E-state index in [1.54, 1.807) is 0 Å². The third kappa shape index (κ3) is 5.59. The van der Waals surface area contributed by atoms with Crippen LogP contribution in [0.3, 0.4) is 0 Å². The van der Waals surface area contributed by atoms with Gasteiger partial charge in [0.1, 0.15) is 0 Å². The summed E-state index contributed by atoms with van der Waals surface area (Å²) in [6.45, 7) is 1.82. The number of hydrogen-bond acceptors (Lipinski definition) is 4. The molecule has 15 heavy (non-hydrogen) atoms. The average molecular weight is 236 g/mol. The molecule has 0 saturated carbocycles. The van der Waals surface area contributed by atoms with Crippen molar-refractivity contribution in [2.75, 3.05) is 19.6 Å². The van der Waals surface area contributed by atoms with E-state index in [2.05, 4.69) is 10.6 Å². The summed E-state index contributed by atoms with van der Waals surface area (Å²) >= 11 is 0. The zero-order valence-electron chi connectivity index (χ0n) is 8.45. The Bertz CT molecular complexity index is 217. The highest BCUT2D eigenvalue weighted by atomic mass is 35.5. The van der Waals surface area contributed by atoms with Crippen molar-refractivity contribution >= 4 is 24.3 Å². The first-order valence-corrected chi connectivity index (χ1v) is 4.88. The van der Waals surface area contributed by atoms with Gasteiger partial charge in [-0.1, -0.05) is 0 Å². The first-order valence-electron chi connectivity index (χ1n) is 4.88. The summed E-state index contributed by atoms with van der Waals surface area (Å²) in [5, 5.41) is 15.8. The summed E-state index contributed by atoms with van der Waals surface area (Å²) in [5.41, 5.74) is 0. The van der Waals surface area contributed by atoms with E-state index in [4.69, 9.17) is 0 Å². The molecule has 5 nitrogen and oxygen atoms in total. The van der Waals surface area contributed by atoms with Crippen molar-refractivity contribution in [2.24, 2.45) is 5.92 Å². The maximum atomic E-state index is 11.4. The lowest BCUT2D eigenvalue weighted by molar-refractivity contribution is -0.305.